The van der Waals surface area contributed by atoms with Crippen LogP contribution < -0.4 is 9.62 Å². The van der Waals surface area contributed by atoms with E-state index >= 15 is 0 Å². The molecule has 4 rings (SSSR count). The highest BCUT2D eigenvalue weighted by Gasteiger charge is 2.34. The van der Waals surface area contributed by atoms with E-state index in [0.29, 0.717) is 12.1 Å². The van der Waals surface area contributed by atoms with Gasteiger partial charge in [0, 0.05) is 19.5 Å². The highest BCUT2D eigenvalue weighted by atomic mass is 32.2. The van der Waals surface area contributed by atoms with Crippen LogP contribution in [0.3, 0.4) is 0 Å². The van der Waals surface area contributed by atoms with Crippen LogP contribution in [-0.2, 0) is 32.6 Å². The molecule has 0 aromatic heterocycles. The van der Waals surface area contributed by atoms with Crippen molar-refractivity contribution in [2.45, 2.75) is 37.8 Å². The van der Waals surface area contributed by atoms with Gasteiger partial charge in [0.05, 0.1) is 10.6 Å². The predicted molar refractivity (Wildman–Crippen MR) is 162 cm³/mol. The zero-order chi connectivity index (χ0) is 31.0. The van der Waals surface area contributed by atoms with Gasteiger partial charge in [-0.3, -0.25) is 13.9 Å². The van der Waals surface area contributed by atoms with Crippen LogP contribution in [0.1, 0.15) is 23.6 Å². The van der Waals surface area contributed by atoms with E-state index in [1.54, 1.807) is 31.2 Å². The first-order chi connectivity index (χ1) is 20.6. The van der Waals surface area contributed by atoms with Gasteiger partial charge >= 0.3 is 0 Å². The summed E-state index contributed by atoms with van der Waals surface area (Å²) in [6.07, 6.45) is 0.162. The Morgan fingerprint density at radius 3 is 1.95 bits per heavy atom. The van der Waals surface area contributed by atoms with Crippen molar-refractivity contribution in [3.05, 3.63) is 131 Å². The number of amides is 2. The standard InChI is InChI=1S/C33H33F2N3O4S/c1-3-36-33(40)31(21-25-7-5-4-6-8-25)37(22-26-11-13-27(34)14-12-26)32(39)23-38(29-17-9-24(2)10-18-29)43(41,42)30-19-15-28(35)16-20-30/h4-20,31H,3,21-23H2,1-2H3,(H,36,40)/t31-/m1/s1. The fraction of sp³-hybridized carbons (Fsp3) is 0.212. The van der Waals surface area contributed by atoms with Crippen molar-refractivity contribution in [3.8, 4) is 0 Å². The molecule has 4 aromatic carbocycles. The summed E-state index contributed by atoms with van der Waals surface area (Å²) in [5.41, 5.74) is 2.46. The van der Waals surface area contributed by atoms with Gasteiger partial charge in [0.2, 0.25) is 11.8 Å². The largest absolute Gasteiger partial charge is 0.355 e. The molecule has 0 radical (unpaired) electrons. The van der Waals surface area contributed by atoms with Crippen LogP contribution in [0, 0.1) is 18.6 Å². The quantitative estimate of drug-likeness (QED) is 0.239. The van der Waals surface area contributed by atoms with Gasteiger partial charge in [0.25, 0.3) is 10.0 Å². The molecule has 2 amide bonds. The van der Waals surface area contributed by atoms with Crippen LogP contribution in [0.5, 0.6) is 0 Å². The topological polar surface area (TPSA) is 86.8 Å². The minimum Gasteiger partial charge on any atom is -0.355 e. The summed E-state index contributed by atoms with van der Waals surface area (Å²) in [6.45, 7) is 3.20. The van der Waals surface area contributed by atoms with Crippen molar-refractivity contribution in [1.82, 2.24) is 10.2 Å². The second-order valence-electron chi connectivity index (χ2n) is 10.0. The molecule has 10 heteroatoms. The summed E-state index contributed by atoms with van der Waals surface area (Å²) >= 11 is 0. The van der Waals surface area contributed by atoms with Crippen molar-refractivity contribution in [2.75, 3.05) is 17.4 Å². The number of sulfonamides is 1. The van der Waals surface area contributed by atoms with E-state index in [0.717, 1.165) is 39.7 Å². The van der Waals surface area contributed by atoms with E-state index < -0.39 is 46.1 Å². The SMILES string of the molecule is CCNC(=O)[C@@H](Cc1ccccc1)N(Cc1ccc(F)cc1)C(=O)CN(c1ccc(C)cc1)S(=O)(=O)c1ccc(F)cc1. The van der Waals surface area contributed by atoms with Crippen molar-refractivity contribution in [2.24, 2.45) is 0 Å². The summed E-state index contributed by atoms with van der Waals surface area (Å²) < 4.78 is 56.1. The maximum atomic E-state index is 14.2. The molecule has 7 nitrogen and oxygen atoms in total. The van der Waals surface area contributed by atoms with Gasteiger partial charge in [-0.25, -0.2) is 17.2 Å². The molecule has 0 saturated carbocycles. The van der Waals surface area contributed by atoms with Crippen LogP contribution in [0.25, 0.3) is 0 Å². The van der Waals surface area contributed by atoms with Crippen molar-refractivity contribution >= 4 is 27.5 Å². The first-order valence-electron chi connectivity index (χ1n) is 13.8. The molecule has 43 heavy (non-hydrogen) atoms. The number of nitrogens with one attached hydrogen (secondary N) is 1. The number of halogens is 2. The van der Waals surface area contributed by atoms with Gasteiger partial charge in [-0.2, -0.15) is 0 Å². The Labute approximate surface area is 250 Å². The molecule has 0 bridgehead atoms. The minimum absolute atomic E-state index is 0.0773. The van der Waals surface area contributed by atoms with Gasteiger partial charge in [-0.1, -0.05) is 60.2 Å². The molecule has 0 heterocycles. The fourth-order valence-corrected chi connectivity index (χ4v) is 6.02. The molecule has 1 atom stereocenters. The average molecular weight is 606 g/mol. The second-order valence-corrected chi connectivity index (χ2v) is 11.9. The highest BCUT2D eigenvalue weighted by molar-refractivity contribution is 7.92. The minimum atomic E-state index is -4.34. The summed E-state index contributed by atoms with van der Waals surface area (Å²) in [5.74, 6) is -2.12. The number of hydrogen-bond donors (Lipinski definition) is 1. The third-order valence-electron chi connectivity index (χ3n) is 6.89. The van der Waals surface area contributed by atoms with Crippen molar-refractivity contribution in [1.29, 1.82) is 0 Å². The Bertz CT molecular complexity index is 1630. The van der Waals surface area contributed by atoms with E-state index in [4.69, 9.17) is 0 Å². The van der Waals surface area contributed by atoms with E-state index in [9.17, 15) is 26.8 Å². The number of benzene rings is 4. The molecule has 0 saturated heterocycles. The first kappa shape index (κ1) is 31.4. The molecule has 0 aliphatic heterocycles. The number of anilines is 1. The maximum absolute atomic E-state index is 14.2. The monoisotopic (exact) mass is 605 g/mol. The number of carbonyl (C=O) groups is 2. The lowest BCUT2D eigenvalue weighted by Crippen LogP contribution is -2.53. The van der Waals surface area contributed by atoms with E-state index in [-0.39, 0.29) is 23.5 Å². The van der Waals surface area contributed by atoms with Crippen LogP contribution >= 0.6 is 0 Å². The molecule has 0 aliphatic rings. The maximum Gasteiger partial charge on any atom is 0.264 e. The highest BCUT2D eigenvalue weighted by Crippen LogP contribution is 2.26. The van der Waals surface area contributed by atoms with E-state index in [1.165, 1.54) is 29.2 Å². The average Bonchev–Trinajstić information content (AvgIpc) is 3.00. The predicted octanol–water partition coefficient (Wildman–Crippen LogP) is 5.24. The van der Waals surface area contributed by atoms with Crippen LogP contribution in [-0.4, -0.2) is 44.3 Å². The number of hydrogen-bond acceptors (Lipinski definition) is 4. The van der Waals surface area contributed by atoms with Gasteiger partial charge in [-0.05, 0) is 73.5 Å². The molecular formula is C33H33F2N3O4S. The molecule has 0 spiro atoms. The number of rotatable bonds is 12. The molecule has 0 fully saturated rings. The van der Waals surface area contributed by atoms with Crippen molar-refractivity contribution < 1.29 is 26.8 Å². The Kier molecular flexibility index (Phi) is 10.3. The zero-order valence-electron chi connectivity index (χ0n) is 23.9. The summed E-state index contributed by atoms with van der Waals surface area (Å²) in [4.78, 5) is 28.8. The fourth-order valence-electron chi connectivity index (χ4n) is 4.61. The van der Waals surface area contributed by atoms with Gasteiger partial charge in [0.1, 0.15) is 24.2 Å². The Hall–Kier alpha value is -4.57. The van der Waals surface area contributed by atoms with Crippen molar-refractivity contribution in [3.63, 3.8) is 0 Å². The van der Waals surface area contributed by atoms with Crippen LogP contribution in [0.4, 0.5) is 14.5 Å². The van der Waals surface area contributed by atoms with E-state index in [1.807, 2.05) is 37.3 Å². The molecule has 0 unspecified atom stereocenters. The third kappa shape index (κ3) is 8.04. The normalized spacial score (nSPS) is 11.9. The molecule has 4 aromatic rings. The molecule has 0 aliphatic carbocycles. The lowest BCUT2D eigenvalue weighted by Gasteiger charge is -2.33. The van der Waals surface area contributed by atoms with Gasteiger partial charge in [-0.15, -0.1) is 0 Å². The third-order valence-corrected chi connectivity index (χ3v) is 8.68. The van der Waals surface area contributed by atoms with Crippen LogP contribution in [0.2, 0.25) is 0 Å². The second kappa shape index (κ2) is 14.1. The van der Waals surface area contributed by atoms with Gasteiger partial charge in [0.15, 0.2) is 0 Å². The smallest absolute Gasteiger partial charge is 0.264 e. The summed E-state index contributed by atoms with van der Waals surface area (Å²) in [5, 5.41) is 2.79. The lowest BCUT2D eigenvalue weighted by molar-refractivity contribution is -0.140. The lowest BCUT2D eigenvalue weighted by atomic mass is 10.0. The molecular weight excluding hydrogens is 572 g/mol. The number of carbonyl (C=O) groups excluding carboxylic acids is 2. The van der Waals surface area contributed by atoms with Gasteiger partial charge < -0.3 is 10.2 Å². The Morgan fingerprint density at radius 1 is 0.791 bits per heavy atom. The van der Waals surface area contributed by atoms with E-state index in [2.05, 4.69) is 5.32 Å². The molecule has 1 N–H and O–H groups in total. The zero-order valence-corrected chi connectivity index (χ0v) is 24.7. The molecule has 224 valence electrons. The Balaban J connectivity index is 1.78. The number of nitrogens with zero attached hydrogens (tertiary/aromatic N) is 2. The summed E-state index contributed by atoms with van der Waals surface area (Å²) in [7, 11) is -4.34. The number of likely N-dealkylation sites (N-methyl/N-ethyl adjacent to an activating group) is 1. The summed E-state index contributed by atoms with van der Waals surface area (Å²) in [6, 6.07) is 24.6. The first-order valence-corrected chi connectivity index (χ1v) is 15.2. The van der Waals surface area contributed by atoms with Crippen LogP contribution in [0.15, 0.2) is 108 Å². The Morgan fingerprint density at radius 2 is 1.37 bits per heavy atom. The number of aryl methyl sites for hydroxylation is 1.